The molecule has 0 aromatic heterocycles. The molecule has 1 N–H and O–H groups in total. The third-order valence-electron chi connectivity index (χ3n) is 2.24. The van der Waals surface area contributed by atoms with E-state index in [9.17, 15) is 9.59 Å². The highest BCUT2D eigenvalue weighted by molar-refractivity contribution is 6.33. The maximum absolute atomic E-state index is 11.7. The fourth-order valence-corrected chi connectivity index (χ4v) is 1.48. The summed E-state index contributed by atoms with van der Waals surface area (Å²) < 4.78 is 0. The Morgan fingerprint density at radius 3 is 2.50 bits per heavy atom. The molecule has 0 saturated carbocycles. The molecule has 0 heterocycles. The fraction of sp³-hybridized carbons (Fsp3) is 0.333. The van der Waals surface area contributed by atoms with Gasteiger partial charge in [0.15, 0.2) is 6.10 Å². The van der Waals surface area contributed by atoms with Crippen LogP contribution in [0.4, 0.5) is 0 Å². The molecule has 0 bridgehead atoms. The summed E-state index contributed by atoms with van der Waals surface area (Å²) in [4.78, 5) is 29.6. The molecule has 0 aliphatic carbocycles. The zero-order valence-electron chi connectivity index (χ0n) is 10.4. The minimum atomic E-state index is -0.758. The van der Waals surface area contributed by atoms with Gasteiger partial charge in [-0.1, -0.05) is 23.7 Å². The van der Waals surface area contributed by atoms with Crippen molar-refractivity contribution in [3.8, 4) is 0 Å². The second-order valence-electron chi connectivity index (χ2n) is 3.90. The molecule has 1 aromatic rings. The maximum Gasteiger partial charge on any atom is 0.276 e. The molecule has 1 atom stereocenters. The van der Waals surface area contributed by atoms with E-state index in [-0.39, 0.29) is 5.91 Å². The standard InChI is InChI=1S/C12H15ClN2O3/c1-8(12(17)15(2)3)18-14-11(16)9-6-4-5-7-10(9)13/h4-8H,1-3H3,(H,14,16). The number of nitrogens with one attached hydrogen (secondary N) is 1. The van der Waals surface area contributed by atoms with E-state index in [1.165, 1.54) is 4.90 Å². The van der Waals surface area contributed by atoms with Crippen molar-refractivity contribution in [1.82, 2.24) is 10.4 Å². The first-order valence-corrected chi connectivity index (χ1v) is 5.73. The molecule has 1 rings (SSSR count). The number of hydrogen-bond donors (Lipinski definition) is 1. The SMILES string of the molecule is CC(ONC(=O)c1ccccc1Cl)C(=O)N(C)C. The number of likely N-dealkylation sites (N-methyl/N-ethyl adjacent to an activating group) is 1. The molecule has 1 aromatic carbocycles. The van der Waals surface area contributed by atoms with Gasteiger partial charge in [-0.3, -0.25) is 14.4 Å². The number of hydrogen-bond acceptors (Lipinski definition) is 3. The van der Waals surface area contributed by atoms with Crippen LogP contribution in [-0.4, -0.2) is 36.9 Å². The van der Waals surface area contributed by atoms with Crippen molar-refractivity contribution in [1.29, 1.82) is 0 Å². The molecular formula is C12H15ClN2O3. The van der Waals surface area contributed by atoms with Crippen molar-refractivity contribution >= 4 is 23.4 Å². The van der Waals surface area contributed by atoms with Crippen LogP contribution in [0.3, 0.4) is 0 Å². The Kier molecular flexibility index (Phi) is 5.12. The van der Waals surface area contributed by atoms with Crippen LogP contribution in [0.1, 0.15) is 17.3 Å². The van der Waals surface area contributed by atoms with Crippen LogP contribution in [0, 0.1) is 0 Å². The van der Waals surface area contributed by atoms with E-state index in [2.05, 4.69) is 5.48 Å². The summed E-state index contributed by atoms with van der Waals surface area (Å²) in [6.07, 6.45) is -0.758. The number of amides is 2. The number of benzene rings is 1. The summed E-state index contributed by atoms with van der Waals surface area (Å²) >= 11 is 5.86. The minimum absolute atomic E-state index is 0.241. The average Bonchev–Trinajstić information content (AvgIpc) is 2.35. The number of halogens is 1. The molecule has 0 saturated heterocycles. The van der Waals surface area contributed by atoms with E-state index in [0.717, 1.165) is 0 Å². The quantitative estimate of drug-likeness (QED) is 0.843. The van der Waals surface area contributed by atoms with Gasteiger partial charge < -0.3 is 4.90 Å². The molecule has 0 aliphatic heterocycles. The summed E-state index contributed by atoms with van der Waals surface area (Å²) in [6.45, 7) is 1.55. The van der Waals surface area contributed by atoms with Gasteiger partial charge in [-0.05, 0) is 19.1 Å². The number of carbonyl (C=O) groups is 2. The van der Waals surface area contributed by atoms with Crippen molar-refractivity contribution in [3.05, 3.63) is 34.9 Å². The Bertz CT molecular complexity index is 449. The minimum Gasteiger partial charge on any atom is -0.346 e. The normalized spacial score (nSPS) is 11.8. The van der Waals surface area contributed by atoms with Gasteiger partial charge in [0.1, 0.15) is 0 Å². The second kappa shape index (κ2) is 6.37. The Hall–Kier alpha value is -1.59. The first kappa shape index (κ1) is 14.5. The lowest BCUT2D eigenvalue weighted by molar-refractivity contribution is -0.143. The first-order valence-electron chi connectivity index (χ1n) is 5.35. The summed E-state index contributed by atoms with van der Waals surface area (Å²) in [5.41, 5.74) is 2.50. The van der Waals surface area contributed by atoms with Gasteiger partial charge in [0, 0.05) is 14.1 Å². The topological polar surface area (TPSA) is 58.6 Å². The number of hydroxylamine groups is 1. The van der Waals surface area contributed by atoms with Crippen LogP contribution >= 0.6 is 11.6 Å². The maximum atomic E-state index is 11.7. The Morgan fingerprint density at radius 1 is 1.33 bits per heavy atom. The highest BCUT2D eigenvalue weighted by Crippen LogP contribution is 2.14. The Labute approximate surface area is 111 Å². The molecule has 6 heteroatoms. The van der Waals surface area contributed by atoms with E-state index in [4.69, 9.17) is 16.4 Å². The van der Waals surface area contributed by atoms with Crippen molar-refractivity contribution < 1.29 is 14.4 Å². The highest BCUT2D eigenvalue weighted by Gasteiger charge is 2.18. The summed E-state index contributed by atoms with van der Waals surface area (Å²) in [5, 5.41) is 0.324. The summed E-state index contributed by atoms with van der Waals surface area (Å²) in [7, 11) is 3.22. The molecule has 0 aliphatic rings. The van der Waals surface area contributed by atoms with E-state index < -0.39 is 12.0 Å². The molecule has 0 fully saturated rings. The number of rotatable bonds is 4. The molecule has 98 valence electrons. The number of nitrogens with zero attached hydrogens (tertiary/aromatic N) is 1. The molecule has 2 amide bonds. The van der Waals surface area contributed by atoms with Crippen molar-refractivity contribution in [2.45, 2.75) is 13.0 Å². The molecular weight excluding hydrogens is 256 g/mol. The van der Waals surface area contributed by atoms with Crippen molar-refractivity contribution in [2.24, 2.45) is 0 Å². The van der Waals surface area contributed by atoms with Crippen LogP contribution in [0.5, 0.6) is 0 Å². The molecule has 0 spiro atoms. The van der Waals surface area contributed by atoms with Crippen molar-refractivity contribution in [3.63, 3.8) is 0 Å². The lowest BCUT2D eigenvalue weighted by Gasteiger charge is -2.17. The van der Waals surface area contributed by atoms with Crippen LogP contribution in [0.2, 0.25) is 5.02 Å². The third-order valence-corrected chi connectivity index (χ3v) is 2.57. The zero-order chi connectivity index (χ0) is 13.7. The van der Waals surface area contributed by atoms with E-state index in [1.54, 1.807) is 45.3 Å². The molecule has 5 nitrogen and oxygen atoms in total. The smallest absolute Gasteiger partial charge is 0.276 e. The van der Waals surface area contributed by atoms with E-state index in [1.807, 2.05) is 0 Å². The lowest BCUT2D eigenvalue weighted by Crippen LogP contribution is -2.38. The average molecular weight is 271 g/mol. The second-order valence-corrected chi connectivity index (χ2v) is 4.31. The highest BCUT2D eigenvalue weighted by atomic mass is 35.5. The summed E-state index contributed by atoms with van der Waals surface area (Å²) in [6, 6.07) is 6.58. The predicted molar refractivity (Wildman–Crippen MR) is 68.2 cm³/mol. The Balaban J connectivity index is 2.57. The molecule has 0 radical (unpaired) electrons. The van der Waals surface area contributed by atoms with Gasteiger partial charge in [-0.15, -0.1) is 0 Å². The molecule has 1 unspecified atom stereocenters. The van der Waals surface area contributed by atoms with Crippen LogP contribution in [0.25, 0.3) is 0 Å². The monoisotopic (exact) mass is 270 g/mol. The Morgan fingerprint density at radius 2 is 1.94 bits per heavy atom. The van der Waals surface area contributed by atoms with Crippen molar-refractivity contribution in [2.75, 3.05) is 14.1 Å². The van der Waals surface area contributed by atoms with Gasteiger partial charge in [0.2, 0.25) is 0 Å². The third kappa shape index (κ3) is 3.72. The van der Waals surface area contributed by atoms with Crippen LogP contribution in [0.15, 0.2) is 24.3 Å². The molecule has 18 heavy (non-hydrogen) atoms. The van der Waals surface area contributed by atoms with Crippen LogP contribution in [-0.2, 0) is 9.63 Å². The fourth-order valence-electron chi connectivity index (χ4n) is 1.26. The van der Waals surface area contributed by atoms with Gasteiger partial charge in [-0.2, -0.15) is 0 Å². The van der Waals surface area contributed by atoms with Gasteiger partial charge >= 0.3 is 0 Å². The van der Waals surface area contributed by atoms with E-state index in [0.29, 0.717) is 10.6 Å². The van der Waals surface area contributed by atoms with E-state index >= 15 is 0 Å². The largest absolute Gasteiger partial charge is 0.346 e. The van der Waals surface area contributed by atoms with Gasteiger partial charge in [-0.25, -0.2) is 5.48 Å². The summed E-state index contributed by atoms with van der Waals surface area (Å²) in [5.74, 6) is -0.728. The zero-order valence-corrected chi connectivity index (χ0v) is 11.2. The predicted octanol–water partition coefficient (Wildman–Crippen LogP) is 1.48. The number of carbonyl (C=O) groups excluding carboxylic acids is 2. The van der Waals surface area contributed by atoms with Gasteiger partial charge in [0.25, 0.3) is 11.8 Å². The first-order chi connectivity index (χ1) is 8.43. The lowest BCUT2D eigenvalue weighted by atomic mass is 10.2. The van der Waals surface area contributed by atoms with Gasteiger partial charge in [0.05, 0.1) is 10.6 Å². The van der Waals surface area contributed by atoms with Crippen LogP contribution < -0.4 is 5.48 Å².